The van der Waals surface area contributed by atoms with Crippen LogP contribution in [0.4, 0.5) is 5.69 Å². The molecule has 100 valence electrons. The van der Waals surface area contributed by atoms with Crippen LogP contribution in [-0.4, -0.2) is 13.0 Å². The molecule has 0 unspecified atom stereocenters. The van der Waals surface area contributed by atoms with E-state index in [-0.39, 0.29) is 5.91 Å². The van der Waals surface area contributed by atoms with Crippen molar-refractivity contribution < 1.29 is 4.79 Å². The molecule has 0 saturated carbocycles. The van der Waals surface area contributed by atoms with E-state index in [0.29, 0.717) is 6.42 Å². The highest BCUT2D eigenvalue weighted by molar-refractivity contribution is 9.10. The average molecular weight is 339 g/mol. The van der Waals surface area contributed by atoms with Gasteiger partial charge in [0.15, 0.2) is 0 Å². The standard InChI is InChI=1S/C14H15BrN2OS/c1-16-14(18)8-10-2-4-11(5-3-10)17-9-13-12(15)6-7-19-13/h2-7,17H,8-9H2,1H3,(H,16,18). The van der Waals surface area contributed by atoms with Gasteiger partial charge in [-0.2, -0.15) is 0 Å². The Hall–Kier alpha value is -1.33. The molecule has 0 radical (unpaired) electrons. The van der Waals surface area contributed by atoms with Crippen LogP contribution in [0.3, 0.4) is 0 Å². The molecule has 3 nitrogen and oxygen atoms in total. The molecule has 2 rings (SSSR count). The van der Waals surface area contributed by atoms with Crippen LogP contribution in [0.2, 0.25) is 0 Å². The van der Waals surface area contributed by atoms with E-state index in [2.05, 4.69) is 31.9 Å². The fraction of sp³-hybridized carbons (Fsp3) is 0.214. The van der Waals surface area contributed by atoms with Crippen molar-refractivity contribution in [2.75, 3.05) is 12.4 Å². The number of likely N-dealkylation sites (N-methyl/N-ethyl adjacent to an activating group) is 1. The molecular formula is C14H15BrN2OS. The molecule has 0 saturated heterocycles. The Labute approximate surface area is 125 Å². The van der Waals surface area contributed by atoms with Crippen molar-refractivity contribution >= 4 is 38.9 Å². The van der Waals surface area contributed by atoms with Crippen LogP contribution in [0.15, 0.2) is 40.2 Å². The quantitative estimate of drug-likeness (QED) is 0.877. The zero-order chi connectivity index (χ0) is 13.7. The van der Waals surface area contributed by atoms with Gasteiger partial charge in [0.05, 0.1) is 13.0 Å². The summed E-state index contributed by atoms with van der Waals surface area (Å²) in [4.78, 5) is 12.5. The summed E-state index contributed by atoms with van der Waals surface area (Å²) >= 11 is 5.23. The van der Waals surface area contributed by atoms with Crippen molar-refractivity contribution in [3.63, 3.8) is 0 Å². The first-order chi connectivity index (χ1) is 9.19. The van der Waals surface area contributed by atoms with Gasteiger partial charge in [0.1, 0.15) is 0 Å². The molecule has 0 spiro atoms. The lowest BCUT2D eigenvalue weighted by atomic mass is 10.1. The largest absolute Gasteiger partial charge is 0.380 e. The number of hydrogen-bond acceptors (Lipinski definition) is 3. The van der Waals surface area contributed by atoms with Gasteiger partial charge in [-0.25, -0.2) is 0 Å². The SMILES string of the molecule is CNC(=O)Cc1ccc(NCc2sccc2Br)cc1. The molecule has 0 atom stereocenters. The molecule has 5 heteroatoms. The summed E-state index contributed by atoms with van der Waals surface area (Å²) in [6, 6.07) is 10.00. The Bertz CT molecular complexity index is 551. The van der Waals surface area contributed by atoms with E-state index in [9.17, 15) is 4.79 Å². The number of hydrogen-bond donors (Lipinski definition) is 2. The molecule has 2 aromatic rings. The van der Waals surface area contributed by atoms with E-state index in [1.54, 1.807) is 18.4 Å². The number of rotatable bonds is 5. The molecule has 0 aliphatic heterocycles. The van der Waals surface area contributed by atoms with E-state index >= 15 is 0 Å². The van der Waals surface area contributed by atoms with Gasteiger partial charge in [0, 0.05) is 22.1 Å². The Morgan fingerprint density at radius 2 is 2.00 bits per heavy atom. The second kappa shape index (κ2) is 6.73. The number of carbonyl (C=O) groups is 1. The molecule has 1 heterocycles. The van der Waals surface area contributed by atoms with Crippen molar-refractivity contribution in [2.45, 2.75) is 13.0 Å². The average Bonchev–Trinajstić information content (AvgIpc) is 2.83. The predicted octanol–water partition coefficient (Wildman–Crippen LogP) is 3.41. The molecule has 0 fully saturated rings. The van der Waals surface area contributed by atoms with E-state index in [1.807, 2.05) is 30.3 Å². The lowest BCUT2D eigenvalue weighted by Gasteiger charge is -2.07. The maximum Gasteiger partial charge on any atom is 0.224 e. The number of nitrogens with one attached hydrogen (secondary N) is 2. The van der Waals surface area contributed by atoms with Gasteiger partial charge in [-0.15, -0.1) is 11.3 Å². The van der Waals surface area contributed by atoms with Crippen LogP contribution in [0.5, 0.6) is 0 Å². The summed E-state index contributed by atoms with van der Waals surface area (Å²) in [6.45, 7) is 0.799. The summed E-state index contributed by atoms with van der Waals surface area (Å²) in [7, 11) is 1.65. The van der Waals surface area contributed by atoms with Crippen molar-refractivity contribution in [3.05, 3.63) is 50.6 Å². The predicted molar refractivity (Wildman–Crippen MR) is 83.6 cm³/mol. The lowest BCUT2D eigenvalue weighted by molar-refractivity contribution is -0.119. The third-order valence-electron chi connectivity index (χ3n) is 2.74. The number of carbonyl (C=O) groups excluding carboxylic acids is 1. The van der Waals surface area contributed by atoms with Gasteiger partial charge in [-0.1, -0.05) is 12.1 Å². The van der Waals surface area contributed by atoms with Crippen molar-refractivity contribution in [1.29, 1.82) is 0 Å². The Kier molecular flexibility index (Phi) is 4.99. The first-order valence-corrected chi connectivity index (χ1v) is 7.61. The van der Waals surface area contributed by atoms with Gasteiger partial charge in [-0.3, -0.25) is 4.79 Å². The van der Waals surface area contributed by atoms with Gasteiger partial charge in [0.2, 0.25) is 5.91 Å². The summed E-state index contributed by atoms with van der Waals surface area (Å²) in [5, 5.41) is 8.04. The van der Waals surface area contributed by atoms with E-state index in [1.165, 1.54) is 4.88 Å². The Balaban J connectivity index is 1.92. The number of amides is 1. The third kappa shape index (κ3) is 4.08. The van der Waals surface area contributed by atoms with E-state index in [4.69, 9.17) is 0 Å². The molecule has 0 bridgehead atoms. The third-order valence-corrected chi connectivity index (χ3v) is 4.67. The molecule has 19 heavy (non-hydrogen) atoms. The summed E-state index contributed by atoms with van der Waals surface area (Å²) in [5.74, 6) is 0.0308. The Morgan fingerprint density at radius 3 is 2.58 bits per heavy atom. The molecule has 1 aromatic carbocycles. The molecular weight excluding hydrogens is 324 g/mol. The highest BCUT2D eigenvalue weighted by atomic mass is 79.9. The fourth-order valence-corrected chi connectivity index (χ4v) is 3.08. The summed E-state index contributed by atoms with van der Waals surface area (Å²) in [6.07, 6.45) is 0.424. The minimum atomic E-state index is 0.0308. The zero-order valence-electron chi connectivity index (χ0n) is 10.6. The first-order valence-electron chi connectivity index (χ1n) is 5.94. The maximum atomic E-state index is 11.3. The second-order valence-electron chi connectivity index (χ2n) is 4.09. The fourth-order valence-electron chi connectivity index (χ4n) is 1.65. The zero-order valence-corrected chi connectivity index (χ0v) is 13.0. The van der Waals surface area contributed by atoms with Gasteiger partial charge in [-0.05, 0) is 45.1 Å². The minimum Gasteiger partial charge on any atom is -0.380 e. The second-order valence-corrected chi connectivity index (χ2v) is 5.95. The van der Waals surface area contributed by atoms with Crippen LogP contribution in [-0.2, 0) is 17.8 Å². The van der Waals surface area contributed by atoms with E-state index in [0.717, 1.165) is 22.3 Å². The topological polar surface area (TPSA) is 41.1 Å². The summed E-state index contributed by atoms with van der Waals surface area (Å²) in [5.41, 5.74) is 2.07. The van der Waals surface area contributed by atoms with Gasteiger partial charge < -0.3 is 10.6 Å². The smallest absolute Gasteiger partial charge is 0.224 e. The number of anilines is 1. The minimum absolute atomic E-state index is 0.0308. The summed E-state index contributed by atoms with van der Waals surface area (Å²) < 4.78 is 1.14. The van der Waals surface area contributed by atoms with Crippen LogP contribution in [0.1, 0.15) is 10.4 Å². The lowest BCUT2D eigenvalue weighted by Crippen LogP contribution is -2.19. The van der Waals surface area contributed by atoms with E-state index < -0.39 is 0 Å². The molecule has 0 aliphatic carbocycles. The van der Waals surface area contributed by atoms with Gasteiger partial charge >= 0.3 is 0 Å². The van der Waals surface area contributed by atoms with Crippen LogP contribution in [0, 0.1) is 0 Å². The van der Waals surface area contributed by atoms with Crippen molar-refractivity contribution in [2.24, 2.45) is 0 Å². The van der Waals surface area contributed by atoms with Crippen LogP contribution >= 0.6 is 27.3 Å². The molecule has 0 aliphatic rings. The molecule has 2 N–H and O–H groups in total. The highest BCUT2D eigenvalue weighted by Crippen LogP contribution is 2.23. The number of benzene rings is 1. The van der Waals surface area contributed by atoms with Crippen LogP contribution < -0.4 is 10.6 Å². The number of halogens is 1. The molecule has 1 amide bonds. The highest BCUT2D eigenvalue weighted by Gasteiger charge is 2.02. The monoisotopic (exact) mass is 338 g/mol. The number of thiophene rings is 1. The van der Waals surface area contributed by atoms with Crippen molar-refractivity contribution in [3.8, 4) is 0 Å². The molecule has 1 aromatic heterocycles. The first kappa shape index (κ1) is 14.1. The maximum absolute atomic E-state index is 11.3. The van der Waals surface area contributed by atoms with Crippen LogP contribution in [0.25, 0.3) is 0 Å². The van der Waals surface area contributed by atoms with Gasteiger partial charge in [0.25, 0.3) is 0 Å². The van der Waals surface area contributed by atoms with Crippen molar-refractivity contribution in [1.82, 2.24) is 5.32 Å². The normalized spacial score (nSPS) is 10.2. The Morgan fingerprint density at radius 1 is 1.26 bits per heavy atom.